The average molecular weight is 272 g/mol. The Morgan fingerprint density at radius 1 is 1.20 bits per heavy atom. The van der Waals surface area contributed by atoms with E-state index in [4.69, 9.17) is 5.26 Å². The van der Waals surface area contributed by atoms with Gasteiger partial charge in [0.25, 0.3) is 5.91 Å². The first kappa shape index (κ1) is 14.4. The van der Waals surface area contributed by atoms with E-state index in [-0.39, 0.29) is 5.91 Å². The molecule has 0 saturated carbocycles. The van der Waals surface area contributed by atoms with E-state index in [0.29, 0.717) is 19.6 Å². The Kier molecular flexibility index (Phi) is 4.59. The number of hydrogen-bond acceptors (Lipinski definition) is 4. The van der Waals surface area contributed by atoms with Crippen LogP contribution < -0.4 is 4.90 Å². The lowest BCUT2D eigenvalue weighted by Gasteiger charge is -2.33. The summed E-state index contributed by atoms with van der Waals surface area (Å²) in [7, 11) is 3.95. The van der Waals surface area contributed by atoms with Gasteiger partial charge in [0.2, 0.25) is 0 Å². The molecule has 1 fully saturated rings. The van der Waals surface area contributed by atoms with Crippen molar-refractivity contribution in [1.29, 1.82) is 5.26 Å². The van der Waals surface area contributed by atoms with Crippen molar-refractivity contribution in [3.63, 3.8) is 0 Å². The van der Waals surface area contributed by atoms with Crippen molar-refractivity contribution >= 4 is 11.6 Å². The third-order valence-electron chi connectivity index (χ3n) is 3.58. The van der Waals surface area contributed by atoms with Crippen molar-refractivity contribution in [3.8, 4) is 6.07 Å². The monoisotopic (exact) mass is 272 g/mol. The molecule has 0 aliphatic carbocycles. The van der Waals surface area contributed by atoms with Crippen LogP contribution in [0.4, 0.5) is 5.69 Å². The molecule has 0 N–H and O–H groups in total. The molecular weight excluding hydrogens is 252 g/mol. The number of nitrogens with zero attached hydrogens (tertiary/aromatic N) is 4. The van der Waals surface area contributed by atoms with E-state index in [0.717, 1.165) is 24.3 Å². The van der Waals surface area contributed by atoms with E-state index in [1.165, 1.54) is 0 Å². The molecule has 1 amide bonds. The Hall–Kier alpha value is -2.06. The molecule has 5 nitrogen and oxygen atoms in total. The SMILES string of the molecule is CN(C)c1ccc(C(=O)N2CCN(CC#N)CC2)cc1. The van der Waals surface area contributed by atoms with Crippen molar-refractivity contribution < 1.29 is 4.79 Å². The number of hydrogen-bond donors (Lipinski definition) is 0. The Morgan fingerprint density at radius 2 is 1.80 bits per heavy atom. The zero-order chi connectivity index (χ0) is 14.5. The lowest BCUT2D eigenvalue weighted by Crippen LogP contribution is -2.48. The van der Waals surface area contributed by atoms with Crippen LogP contribution in [0.5, 0.6) is 0 Å². The molecular formula is C15H20N4O. The van der Waals surface area contributed by atoms with Gasteiger partial charge < -0.3 is 9.80 Å². The second-order valence-corrected chi connectivity index (χ2v) is 5.17. The lowest BCUT2D eigenvalue weighted by atomic mass is 10.1. The predicted octanol–water partition coefficient (Wildman–Crippen LogP) is 1.03. The summed E-state index contributed by atoms with van der Waals surface area (Å²) >= 11 is 0. The molecule has 0 bridgehead atoms. The maximum atomic E-state index is 12.4. The van der Waals surface area contributed by atoms with Gasteiger partial charge in [-0.15, -0.1) is 0 Å². The van der Waals surface area contributed by atoms with Gasteiger partial charge in [0.1, 0.15) is 0 Å². The van der Waals surface area contributed by atoms with Crippen LogP contribution in [0, 0.1) is 11.3 Å². The highest BCUT2D eigenvalue weighted by Gasteiger charge is 2.21. The molecule has 20 heavy (non-hydrogen) atoms. The molecule has 0 atom stereocenters. The minimum Gasteiger partial charge on any atom is -0.378 e. The highest BCUT2D eigenvalue weighted by molar-refractivity contribution is 5.94. The zero-order valence-corrected chi connectivity index (χ0v) is 12.0. The summed E-state index contributed by atoms with van der Waals surface area (Å²) in [5.74, 6) is 0.0758. The smallest absolute Gasteiger partial charge is 0.253 e. The van der Waals surface area contributed by atoms with Crippen molar-refractivity contribution in [2.75, 3.05) is 51.7 Å². The van der Waals surface area contributed by atoms with Crippen molar-refractivity contribution in [1.82, 2.24) is 9.80 Å². The molecule has 1 aliphatic heterocycles. The van der Waals surface area contributed by atoms with Gasteiger partial charge in [-0.1, -0.05) is 0 Å². The molecule has 106 valence electrons. The fourth-order valence-electron chi connectivity index (χ4n) is 2.29. The average Bonchev–Trinajstić information content (AvgIpc) is 2.48. The van der Waals surface area contributed by atoms with Crippen LogP contribution in [0.1, 0.15) is 10.4 Å². The molecule has 1 aliphatic rings. The Labute approximate surface area is 120 Å². The molecule has 1 aromatic carbocycles. The quantitative estimate of drug-likeness (QED) is 0.771. The van der Waals surface area contributed by atoms with E-state index >= 15 is 0 Å². The van der Waals surface area contributed by atoms with Crippen LogP contribution in [0.2, 0.25) is 0 Å². The first-order valence-corrected chi connectivity index (χ1v) is 6.78. The minimum atomic E-state index is 0.0758. The highest BCUT2D eigenvalue weighted by Crippen LogP contribution is 2.14. The molecule has 5 heteroatoms. The lowest BCUT2D eigenvalue weighted by molar-refractivity contribution is 0.0652. The maximum Gasteiger partial charge on any atom is 0.253 e. The third kappa shape index (κ3) is 3.28. The number of piperazine rings is 1. The van der Waals surface area contributed by atoms with Crippen LogP contribution in [0.25, 0.3) is 0 Å². The van der Waals surface area contributed by atoms with Crippen LogP contribution in [0.15, 0.2) is 24.3 Å². The molecule has 2 rings (SSSR count). The number of rotatable bonds is 3. The summed E-state index contributed by atoms with van der Waals surface area (Å²) in [6.45, 7) is 3.37. The number of anilines is 1. The minimum absolute atomic E-state index is 0.0758. The normalized spacial score (nSPS) is 15.8. The van der Waals surface area contributed by atoms with Crippen LogP contribution in [-0.4, -0.2) is 62.5 Å². The second kappa shape index (κ2) is 6.40. The van der Waals surface area contributed by atoms with Gasteiger partial charge in [0, 0.05) is 51.5 Å². The van der Waals surface area contributed by atoms with Gasteiger partial charge in [-0.25, -0.2) is 0 Å². The van der Waals surface area contributed by atoms with Crippen LogP contribution >= 0.6 is 0 Å². The zero-order valence-electron chi connectivity index (χ0n) is 12.0. The van der Waals surface area contributed by atoms with Gasteiger partial charge in [-0.2, -0.15) is 5.26 Å². The standard InChI is InChI=1S/C15H20N4O/c1-17(2)14-5-3-13(4-6-14)15(20)19-11-9-18(8-7-16)10-12-19/h3-6H,8-12H2,1-2H3. The summed E-state index contributed by atoms with van der Waals surface area (Å²) in [4.78, 5) is 18.3. The molecule has 0 radical (unpaired) electrons. The summed E-state index contributed by atoms with van der Waals surface area (Å²) < 4.78 is 0. The first-order valence-electron chi connectivity index (χ1n) is 6.78. The fourth-order valence-corrected chi connectivity index (χ4v) is 2.29. The van der Waals surface area contributed by atoms with Crippen molar-refractivity contribution in [3.05, 3.63) is 29.8 Å². The van der Waals surface area contributed by atoms with E-state index in [1.54, 1.807) is 0 Å². The van der Waals surface area contributed by atoms with E-state index in [9.17, 15) is 4.79 Å². The summed E-state index contributed by atoms with van der Waals surface area (Å²) in [5, 5.41) is 8.67. The van der Waals surface area contributed by atoms with Crippen molar-refractivity contribution in [2.45, 2.75) is 0 Å². The van der Waals surface area contributed by atoms with E-state index < -0.39 is 0 Å². The highest BCUT2D eigenvalue weighted by atomic mass is 16.2. The van der Waals surface area contributed by atoms with Crippen molar-refractivity contribution in [2.24, 2.45) is 0 Å². The molecule has 1 aromatic rings. The summed E-state index contributed by atoms with van der Waals surface area (Å²) in [6, 6.07) is 9.81. The van der Waals surface area contributed by atoms with E-state index in [2.05, 4.69) is 11.0 Å². The summed E-state index contributed by atoms with van der Waals surface area (Å²) in [6.07, 6.45) is 0. The largest absolute Gasteiger partial charge is 0.378 e. The van der Waals surface area contributed by atoms with E-state index in [1.807, 2.05) is 48.2 Å². The Morgan fingerprint density at radius 3 is 2.30 bits per heavy atom. The summed E-state index contributed by atoms with van der Waals surface area (Å²) in [5.41, 5.74) is 1.81. The molecule has 1 heterocycles. The molecule has 0 spiro atoms. The molecule has 0 unspecified atom stereocenters. The Bertz CT molecular complexity index is 496. The Balaban J connectivity index is 1.97. The van der Waals surface area contributed by atoms with Gasteiger partial charge in [0.15, 0.2) is 0 Å². The third-order valence-corrected chi connectivity index (χ3v) is 3.58. The first-order chi connectivity index (χ1) is 9.61. The van der Waals surface area contributed by atoms with Gasteiger partial charge in [-0.05, 0) is 24.3 Å². The number of amides is 1. The van der Waals surface area contributed by atoms with Gasteiger partial charge in [0.05, 0.1) is 12.6 Å². The predicted molar refractivity (Wildman–Crippen MR) is 78.7 cm³/mol. The molecule has 1 saturated heterocycles. The molecule has 0 aromatic heterocycles. The van der Waals surface area contributed by atoms with Crippen LogP contribution in [0.3, 0.4) is 0 Å². The number of carbonyl (C=O) groups is 1. The number of carbonyl (C=O) groups excluding carboxylic acids is 1. The number of nitriles is 1. The van der Waals surface area contributed by atoms with Gasteiger partial charge >= 0.3 is 0 Å². The maximum absolute atomic E-state index is 12.4. The van der Waals surface area contributed by atoms with Crippen LogP contribution in [-0.2, 0) is 0 Å². The second-order valence-electron chi connectivity index (χ2n) is 5.17. The van der Waals surface area contributed by atoms with Gasteiger partial charge in [-0.3, -0.25) is 9.69 Å². The topological polar surface area (TPSA) is 50.6 Å². The fraction of sp³-hybridized carbons (Fsp3) is 0.467. The number of benzene rings is 1.